The van der Waals surface area contributed by atoms with Crippen molar-refractivity contribution in [2.45, 2.75) is 52.1 Å². The fourth-order valence-corrected chi connectivity index (χ4v) is 4.40. The smallest absolute Gasteiger partial charge is 0.379 e. The van der Waals surface area contributed by atoms with Gasteiger partial charge in [-0.05, 0) is 24.6 Å². The third-order valence-electron chi connectivity index (χ3n) is 3.46. The summed E-state index contributed by atoms with van der Waals surface area (Å²) in [4.78, 5) is 0. The van der Waals surface area contributed by atoms with Gasteiger partial charge in [-0.1, -0.05) is 55.0 Å². The maximum Gasteiger partial charge on any atom is 0.379 e. The van der Waals surface area contributed by atoms with Crippen molar-refractivity contribution in [2.75, 3.05) is 6.16 Å². The van der Waals surface area contributed by atoms with Crippen LogP contribution in [-0.2, 0) is 15.7 Å². The van der Waals surface area contributed by atoms with Crippen molar-refractivity contribution in [1.82, 2.24) is 0 Å². The van der Waals surface area contributed by atoms with Crippen LogP contribution in [0.15, 0.2) is 22.7 Å². The predicted octanol–water partition coefficient (Wildman–Crippen LogP) is 5.91. The summed E-state index contributed by atoms with van der Waals surface area (Å²) in [5.41, 5.74) is 0.953. The molecule has 0 aromatic heterocycles. The number of fused-ring (bicyclic) bond motifs is 1. The highest BCUT2D eigenvalue weighted by atomic mass is 79.9. The van der Waals surface area contributed by atoms with Crippen LogP contribution in [0.4, 0.5) is 0 Å². The second kappa shape index (κ2) is 7.63. The molecule has 0 saturated carbocycles. The van der Waals surface area contributed by atoms with Gasteiger partial charge in [-0.3, -0.25) is 4.52 Å². The Morgan fingerprint density at radius 1 is 1.20 bits per heavy atom. The standard InChI is InChI=1S/C15H22BrO3P/c1-2-3-4-5-6-7-10-20(17)18-12-13-11-14(16)8-9-15(13)19-20/h8-9,11H,2-7,10,12H2,1H3. The minimum absolute atomic E-state index is 0.377. The van der Waals surface area contributed by atoms with E-state index in [9.17, 15) is 4.57 Å². The van der Waals surface area contributed by atoms with Gasteiger partial charge >= 0.3 is 7.60 Å². The Kier molecular flexibility index (Phi) is 6.13. The molecule has 5 heteroatoms. The van der Waals surface area contributed by atoms with Crippen LogP contribution in [0.25, 0.3) is 0 Å². The van der Waals surface area contributed by atoms with E-state index in [1.54, 1.807) is 0 Å². The zero-order chi connectivity index (χ0) is 14.4. The molecule has 2 rings (SSSR count). The molecule has 0 bridgehead atoms. The largest absolute Gasteiger partial charge is 0.424 e. The molecule has 0 spiro atoms. The molecule has 20 heavy (non-hydrogen) atoms. The van der Waals surface area contributed by atoms with Gasteiger partial charge in [0.05, 0.1) is 12.8 Å². The molecular formula is C15H22BrO3P. The Morgan fingerprint density at radius 2 is 1.95 bits per heavy atom. The van der Waals surface area contributed by atoms with E-state index in [-0.39, 0.29) is 0 Å². The van der Waals surface area contributed by atoms with Crippen molar-refractivity contribution in [3.8, 4) is 5.75 Å². The average Bonchev–Trinajstić information content (AvgIpc) is 2.43. The Bertz CT molecular complexity index is 490. The summed E-state index contributed by atoms with van der Waals surface area (Å²) in [6.45, 7) is 2.58. The topological polar surface area (TPSA) is 35.5 Å². The first-order valence-corrected chi connectivity index (χ1v) is 9.87. The Balaban J connectivity index is 1.81. The van der Waals surface area contributed by atoms with Crippen molar-refractivity contribution in [1.29, 1.82) is 0 Å². The van der Waals surface area contributed by atoms with Crippen molar-refractivity contribution < 1.29 is 13.6 Å². The number of hydrogen-bond donors (Lipinski definition) is 0. The maximum atomic E-state index is 12.5. The molecule has 0 aliphatic carbocycles. The number of unbranched alkanes of at least 4 members (excludes halogenated alkanes) is 5. The van der Waals surface area contributed by atoms with Crippen molar-refractivity contribution in [3.63, 3.8) is 0 Å². The second-order valence-corrected chi connectivity index (χ2v) is 8.24. The number of hydrogen-bond acceptors (Lipinski definition) is 3. The summed E-state index contributed by atoms with van der Waals surface area (Å²) in [7, 11) is -2.93. The van der Waals surface area contributed by atoms with E-state index in [1.807, 2.05) is 18.2 Å². The van der Waals surface area contributed by atoms with Crippen molar-refractivity contribution >= 4 is 23.5 Å². The van der Waals surface area contributed by atoms with Crippen LogP contribution in [0.2, 0.25) is 0 Å². The van der Waals surface area contributed by atoms with Crippen LogP contribution >= 0.6 is 23.5 Å². The number of benzene rings is 1. The quantitative estimate of drug-likeness (QED) is 0.447. The van der Waals surface area contributed by atoms with Crippen LogP contribution < -0.4 is 4.52 Å². The third-order valence-corrected chi connectivity index (χ3v) is 5.82. The molecule has 3 nitrogen and oxygen atoms in total. The molecule has 1 aromatic rings. The third kappa shape index (κ3) is 4.61. The van der Waals surface area contributed by atoms with Gasteiger partial charge in [0, 0.05) is 10.0 Å². The van der Waals surface area contributed by atoms with Gasteiger partial charge < -0.3 is 4.52 Å². The molecule has 1 atom stereocenters. The normalized spacial score (nSPS) is 21.3. The van der Waals surface area contributed by atoms with Gasteiger partial charge in [-0.15, -0.1) is 0 Å². The zero-order valence-corrected chi connectivity index (χ0v) is 14.4. The molecular weight excluding hydrogens is 339 g/mol. The lowest BCUT2D eigenvalue weighted by Gasteiger charge is -2.26. The van der Waals surface area contributed by atoms with Crippen LogP contribution in [0.5, 0.6) is 5.75 Å². The zero-order valence-electron chi connectivity index (χ0n) is 11.9. The second-order valence-electron chi connectivity index (χ2n) is 5.22. The van der Waals surface area contributed by atoms with Crippen LogP contribution in [0.3, 0.4) is 0 Å². The minimum Gasteiger partial charge on any atom is -0.424 e. The summed E-state index contributed by atoms with van der Waals surface area (Å²) < 4.78 is 24.6. The summed E-state index contributed by atoms with van der Waals surface area (Å²) in [6.07, 6.45) is 7.53. The highest BCUT2D eigenvalue weighted by Crippen LogP contribution is 2.54. The van der Waals surface area contributed by atoms with Gasteiger partial charge in [0.2, 0.25) is 0 Å². The first-order valence-electron chi connectivity index (χ1n) is 7.34. The van der Waals surface area contributed by atoms with Crippen LogP contribution in [0.1, 0.15) is 51.0 Å². The molecule has 1 unspecified atom stereocenters. The summed E-state index contributed by atoms with van der Waals surface area (Å²) in [5.74, 6) is 0.703. The molecule has 0 radical (unpaired) electrons. The fourth-order valence-electron chi connectivity index (χ4n) is 2.29. The van der Waals surface area contributed by atoms with Crippen molar-refractivity contribution in [2.24, 2.45) is 0 Å². The lowest BCUT2D eigenvalue weighted by Crippen LogP contribution is -2.10. The van der Waals surface area contributed by atoms with E-state index in [1.165, 1.54) is 25.7 Å². The van der Waals surface area contributed by atoms with E-state index >= 15 is 0 Å². The summed E-state index contributed by atoms with van der Waals surface area (Å²) >= 11 is 3.41. The first-order chi connectivity index (χ1) is 9.63. The lowest BCUT2D eigenvalue weighted by atomic mass is 10.1. The molecule has 1 aliphatic heterocycles. The molecule has 0 saturated heterocycles. The Morgan fingerprint density at radius 3 is 2.75 bits per heavy atom. The number of halogens is 1. The van der Waals surface area contributed by atoms with E-state index in [0.29, 0.717) is 18.5 Å². The van der Waals surface area contributed by atoms with E-state index in [2.05, 4.69) is 22.9 Å². The van der Waals surface area contributed by atoms with Crippen LogP contribution in [0, 0.1) is 0 Å². The van der Waals surface area contributed by atoms with Gasteiger partial charge in [-0.25, -0.2) is 4.57 Å². The Hall–Kier alpha value is -0.310. The molecule has 1 heterocycles. The van der Waals surface area contributed by atoms with Gasteiger partial charge in [0.15, 0.2) is 0 Å². The van der Waals surface area contributed by atoms with Gasteiger partial charge in [0.1, 0.15) is 5.75 Å². The van der Waals surface area contributed by atoms with E-state index < -0.39 is 7.60 Å². The summed E-state index contributed by atoms with van der Waals surface area (Å²) in [5, 5.41) is 0. The fraction of sp³-hybridized carbons (Fsp3) is 0.600. The molecule has 112 valence electrons. The van der Waals surface area contributed by atoms with Gasteiger partial charge in [0.25, 0.3) is 0 Å². The van der Waals surface area contributed by atoms with Crippen molar-refractivity contribution in [3.05, 3.63) is 28.2 Å². The molecule has 1 aliphatic rings. The Labute approximate surface area is 129 Å². The lowest BCUT2D eigenvalue weighted by molar-refractivity contribution is 0.231. The predicted molar refractivity (Wildman–Crippen MR) is 85.4 cm³/mol. The molecule has 0 amide bonds. The highest BCUT2D eigenvalue weighted by molar-refractivity contribution is 9.10. The molecule has 0 N–H and O–H groups in total. The maximum absolute atomic E-state index is 12.5. The number of rotatable bonds is 7. The first kappa shape index (κ1) is 16.1. The highest BCUT2D eigenvalue weighted by Gasteiger charge is 2.31. The summed E-state index contributed by atoms with van der Waals surface area (Å²) in [6, 6.07) is 5.71. The monoisotopic (exact) mass is 360 g/mol. The SMILES string of the molecule is CCCCCCCCP1(=O)OCc2cc(Br)ccc2O1. The molecule has 1 aromatic carbocycles. The van der Waals surface area contributed by atoms with Gasteiger partial charge in [-0.2, -0.15) is 0 Å². The molecule has 0 fully saturated rings. The average molecular weight is 361 g/mol. The van der Waals surface area contributed by atoms with E-state index in [4.69, 9.17) is 9.05 Å². The minimum atomic E-state index is -2.93. The van der Waals surface area contributed by atoms with Crippen LogP contribution in [-0.4, -0.2) is 6.16 Å². The van der Waals surface area contributed by atoms with E-state index in [0.717, 1.165) is 22.9 Å².